The van der Waals surface area contributed by atoms with Crippen LogP contribution in [0.2, 0.25) is 0 Å². The Hall–Kier alpha value is -2.45. The van der Waals surface area contributed by atoms with Crippen molar-refractivity contribution in [3.63, 3.8) is 0 Å². The molecular formula is C17H17NO6S. The Morgan fingerprint density at radius 1 is 0.840 bits per heavy atom. The van der Waals surface area contributed by atoms with E-state index >= 15 is 0 Å². The van der Waals surface area contributed by atoms with E-state index in [1.165, 1.54) is 12.1 Å². The van der Waals surface area contributed by atoms with Crippen molar-refractivity contribution in [3.8, 4) is 23.0 Å². The third-order valence-corrected chi connectivity index (χ3v) is 5.43. The van der Waals surface area contributed by atoms with Crippen molar-refractivity contribution in [1.29, 1.82) is 0 Å². The fourth-order valence-electron chi connectivity index (χ4n) is 2.70. The number of nitrogens with one attached hydrogen (secondary N) is 1. The first-order valence-electron chi connectivity index (χ1n) is 7.90. The van der Waals surface area contributed by atoms with Crippen molar-refractivity contribution in [2.24, 2.45) is 0 Å². The first kappa shape index (κ1) is 16.0. The van der Waals surface area contributed by atoms with E-state index in [2.05, 4.69) is 4.72 Å². The van der Waals surface area contributed by atoms with Crippen LogP contribution in [0.3, 0.4) is 0 Å². The van der Waals surface area contributed by atoms with E-state index in [-0.39, 0.29) is 18.2 Å². The fraction of sp³-hybridized carbons (Fsp3) is 0.294. The average Bonchev–Trinajstić information content (AvgIpc) is 3.09. The molecule has 0 saturated heterocycles. The normalized spacial score (nSPS) is 15.2. The summed E-state index contributed by atoms with van der Waals surface area (Å²) in [6.07, 6.45) is 0.542. The second-order valence-electron chi connectivity index (χ2n) is 5.64. The Bertz CT molecular complexity index is 896. The SMILES string of the molecule is O=S(=O)(NCCc1ccc2c(c1)OCO2)c1ccc2c(c1)OCCO2. The maximum absolute atomic E-state index is 12.4. The third-order valence-electron chi connectivity index (χ3n) is 3.97. The molecule has 0 amide bonds. The van der Waals surface area contributed by atoms with Crippen LogP contribution in [0.15, 0.2) is 41.3 Å². The molecule has 0 fully saturated rings. The van der Waals surface area contributed by atoms with Gasteiger partial charge < -0.3 is 18.9 Å². The van der Waals surface area contributed by atoms with Gasteiger partial charge >= 0.3 is 0 Å². The summed E-state index contributed by atoms with van der Waals surface area (Å²) >= 11 is 0. The summed E-state index contributed by atoms with van der Waals surface area (Å²) in [5.74, 6) is 2.41. The first-order valence-corrected chi connectivity index (χ1v) is 9.38. The smallest absolute Gasteiger partial charge is 0.240 e. The molecule has 132 valence electrons. The Morgan fingerprint density at radius 2 is 1.52 bits per heavy atom. The summed E-state index contributed by atoms with van der Waals surface area (Å²) in [4.78, 5) is 0.155. The first-order chi connectivity index (χ1) is 12.1. The Balaban J connectivity index is 1.41. The summed E-state index contributed by atoms with van der Waals surface area (Å²) in [6, 6.07) is 10.2. The minimum atomic E-state index is -3.62. The molecule has 0 radical (unpaired) electrons. The molecular weight excluding hydrogens is 346 g/mol. The highest BCUT2D eigenvalue weighted by molar-refractivity contribution is 7.89. The van der Waals surface area contributed by atoms with Gasteiger partial charge in [0, 0.05) is 12.6 Å². The van der Waals surface area contributed by atoms with Gasteiger partial charge in [-0.05, 0) is 36.2 Å². The van der Waals surface area contributed by atoms with Gasteiger partial charge in [-0.15, -0.1) is 0 Å². The topological polar surface area (TPSA) is 83.1 Å². The van der Waals surface area contributed by atoms with Crippen molar-refractivity contribution in [2.45, 2.75) is 11.3 Å². The molecule has 8 heteroatoms. The highest BCUT2D eigenvalue weighted by atomic mass is 32.2. The number of ether oxygens (including phenoxy) is 4. The van der Waals surface area contributed by atoms with Gasteiger partial charge in [-0.25, -0.2) is 13.1 Å². The largest absolute Gasteiger partial charge is 0.486 e. The molecule has 2 aliphatic heterocycles. The molecule has 0 spiro atoms. The monoisotopic (exact) mass is 363 g/mol. The van der Waals surface area contributed by atoms with E-state index in [4.69, 9.17) is 18.9 Å². The van der Waals surface area contributed by atoms with E-state index in [1.807, 2.05) is 18.2 Å². The standard InChI is InChI=1S/C17H17NO6S/c19-25(20,13-2-4-14-17(10-13)22-8-7-21-14)18-6-5-12-1-3-15-16(9-12)24-11-23-15/h1-4,9-10,18H,5-8,11H2. The lowest BCUT2D eigenvalue weighted by atomic mass is 10.1. The minimum absolute atomic E-state index is 0.155. The molecule has 4 rings (SSSR count). The van der Waals surface area contributed by atoms with Crippen molar-refractivity contribution in [2.75, 3.05) is 26.6 Å². The van der Waals surface area contributed by atoms with E-state index in [0.29, 0.717) is 42.6 Å². The van der Waals surface area contributed by atoms with E-state index < -0.39 is 10.0 Å². The molecule has 2 heterocycles. The number of sulfonamides is 1. The van der Waals surface area contributed by atoms with Gasteiger partial charge in [-0.3, -0.25) is 0 Å². The maximum Gasteiger partial charge on any atom is 0.240 e. The molecule has 7 nitrogen and oxygen atoms in total. The summed E-state index contributed by atoms with van der Waals surface area (Å²) in [7, 11) is -3.62. The lowest BCUT2D eigenvalue weighted by Gasteiger charge is -2.18. The van der Waals surface area contributed by atoms with Crippen LogP contribution < -0.4 is 23.7 Å². The highest BCUT2D eigenvalue weighted by Crippen LogP contribution is 2.33. The fourth-order valence-corrected chi connectivity index (χ4v) is 3.75. The average molecular weight is 363 g/mol. The zero-order valence-corrected chi connectivity index (χ0v) is 14.2. The second-order valence-corrected chi connectivity index (χ2v) is 7.41. The van der Waals surface area contributed by atoms with Crippen LogP contribution in [-0.4, -0.2) is 35.0 Å². The predicted octanol–water partition coefficient (Wildman–Crippen LogP) is 1.71. The van der Waals surface area contributed by atoms with E-state index in [0.717, 1.165) is 5.56 Å². The van der Waals surface area contributed by atoms with Gasteiger partial charge in [0.2, 0.25) is 16.8 Å². The van der Waals surface area contributed by atoms with Crippen LogP contribution in [0.4, 0.5) is 0 Å². The lowest BCUT2D eigenvalue weighted by molar-refractivity contribution is 0.171. The van der Waals surface area contributed by atoms with E-state index in [1.54, 1.807) is 6.07 Å². The molecule has 2 aromatic carbocycles. The van der Waals surface area contributed by atoms with Crippen LogP contribution in [0.1, 0.15) is 5.56 Å². The molecule has 0 atom stereocenters. The summed E-state index contributed by atoms with van der Waals surface area (Å²) in [6.45, 7) is 1.37. The van der Waals surface area contributed by atoms with E-state index in [9.17, 15) is 8.42 Å². The molecule has 25 heavy (non-hydrogen) atoms. The van der Waals surface area contributed by atoms with Gasteiger partial charge in [0.05, 0.1) is 4.90 Å². The Labute approximate surface area is 145 Å². The zero-order chi connectivity index (χ0) is 17.3. The van der Waals surface area contributed by atoms with Crippen LogP contribution >= 0.6 is 0 Å². The summed E-state index contributed by atoms with van der Waals surface area (Å²) in [5, 5.41) is 0. The van der Waals surface area contributed by atoms with Crippen LogP contribution in [0.25, 0.3) is 0 Å². The maximum atomic E-state index is 12.4. The Morgan fingerprint density at radius 3 is 2.40 bits per heavy atom. The van der Waals surface area contributed by atoms with Gasteiger partial charge in [0.15, 0.2) is 23.0 Å². The molecule has 0 aliphatic carbocycles. The van der Waals surface area contributed by atoms with Crippen molar-refractivity contribution in [3.05, 3.63) is 42.0 Å². The molecule has 1 N–H and O–H groups in total. The zero-order valence-electron chi connectivity index (χ0n) is 13.4. The summed E-state index contributed by atoms with van der Waals surface area (Å²) < 4.78 is 48.9. The molecule has 0 aromatic heterocycles. The van der Waals surface area contributed by atoms with Crippen molar-refractivity contribution >= 4 is 10.0 Å². The summed E-state index contributed by atoms with van der Waals surface area (Å²) in [5.41, 5.74) is 0.967. The van der Waals surface area contributed by atoms with Crippen LogP contribution in [0.5, 0.6) is 23.0 Å². The lowest BCUT2D eigenvalue weighted by Crippen LogP contribution is -2.26. The quantitative estimate of drug-likeness (QED) is 0.871. The highest BCUT2D eigenvalue weighted by Gasteiger charge is 2.19. The van der Waals surface area contributed by atoms with Gasteiger partial charge in [-0.1, -0.05) is 6.07 Å². The number of hydrogen-bond donors (Lipinski definition) is 1. The Kier molecular flexibility index (Phi) is 4.14. The van der Waals surface area contributed by atoms with Crippen molar-refractivity contribution in [1.82, 2.24) is 4.72 Å². The molecule has 0 saturated carbocycles. The molecule has 2 aromatic rings. The molecule has 2 aliphatic rings. The van der Waals surface area contributed by atoms with Gasteiger partial charge in [0.25, 0.3) is 0 Å². The van der Waals surface area contributed by atoms with Crippen LogP contribution in [-0.2, 0) is 16.4 Å². The number of hydrogen-bond acceptors (Lipinski definition) is 6. The number of rotatable bonds is 5. The molecule has 0 unspecified atom stereocenters. The second kappa shape index (κ2) is 6.45. The van der Waals surface area contributed by atoms with Crippen LogP contribution in [0, 0.1) is 0 Å². The number of fused-ring (bicyclic) bond motifs is 2. The third kappa shape index (κ3) is 3.35. The minimum Gasteiger partial charge on any atom is -0.486 e. The van der Waals surface area contributed by atoms with Gasteiger partial charge in [-0.2, -0.15) is 0 Å². The predicted molar refractivity (Wildman–Crippen MR) is 88.9 cm³/mol. The van der Waals surface area contributed by atoms with Gasteiger partial charge in [0.1, 0.15) is 13.2 Å². The molecule has 0 bridgehead atoms. The van der Waals surface area contributed by atoms with Crippen molar-refractivity contribution < 1.29 is 27.4 Å². The number of benzene rings is 2.